The smallest absolute Gasteiger partial charge is 0.255 e. The third kappa shape index (κ3) is 7.55. The molecule has 0 spiro atoms. The van der Waals surface area contributed by atoms with Crippen LogP contribution in [0.15, 0.2) is 72.8 Å². The molecule has 0 saturated carbocycles. The Balaban J connectivity index is 1.44. The normalized spacial score (nSPS) is 17.5. The van der Waals surface area contributed by atoms with E-state index >= 15 is 0 Å². The molecule has 0 bridgehead atoms. The van der Waals surface area contributed by atoms with E-state index in [2.05, 4.69) is 45.9 Å². The fourth-order valence-corrected chi connectivity index (χ4v) is 6.42. The zero-order chi connectivity index (χ0) is 30.2. The maximum absolute atomic E-state index is 13.7. The Morgan fingerprint density at radius 1 is 1.02 bits per heavy atom. The van der Waals surface area contributed by atoms with Crippen LogP contribution in [0.3, 0.4) is 0 Å². The summed E-state index contributed by atoms with van der Waals surface area (Å²) in [5.74, 6) is -0.465. The number of amides is 2. The molecule has 1 aliphatic carbocycles. The van der Waals surface area contributed by atoms with Crippen molar-refractivity contribution in [1.82, 2.24) is 5.32 Å². The summed E-state index contributed by atoms with van der Waals surface area (Å²) in [6, 6.07) is 21.8. The third-order valence-electron chi connectivity index (χ3n) is 8.59. The Morgan fingerprint density at radius 3 is 2.63 bits per heavy atom. The van der Waals surface area contributed by atoms with Gasteiger partial charge >= 0.3 is 0 Å². The van der Waals surface area contributed by atoms with Crippen molar-refractivity contribution >= 4 is 46.6 Å². The van der Waals surface area contributed by atoms with Crippen LogP contribution in [-0.2, 0) is 17.1 Å². The van der Waals surface area contributed by atoms with Gasteiger partial charge < -0.3 is 20.9 Å². The van der Waals surface area contributed by atoms with Crippen molar-refractivity contribution in [3.05, 3.63) is 101 Å². The summed E-state index contributed by atoms with van der Waals surface area (Å²) in [6.07, 6.45) is 10.1. The van der Waals surface area contributed by atoms with Crippen LogP contribution in [0.1, 0.15) is 84.1 Å². The van der Waals surface area contributed by atoms with Gasteiger partial charge in [0, 0.05) is 41.5 Å². The molecule has 1 fully saturated rings. The highest BCUT2D eigenvalue weighted by Crippen LogP contribution is 2.33. The molecule has 2 amide bonds. The average molecular weight is 597 g/mol. The van der Waals surface area contributed by atoms with E-state index in [0.717, 1.165) is 67.6 Å². The predicted octanol–water partition coefficient (Wildman–Crippen LogP) is 7.92. The van der Waals surface area contributed by atoms with Crippen LogP contribution in [0, 0.1) is 11.3 Å². The van der Waals surface area contributed by atoms with E-state index in [1.807, 2.05) is 37.3 Å². The molecule has 43 heavy (non-hydrogen) atoms. The van der Waals surface area contributed by atoms with Crippen molar-refractivity contribution in [3.63, 3.8) is 0 Å². The number of rotatable bonds is 10. The van der Waals surface area contributed by atoms with Gasteiger partial charge in [-0.1, -0.05) is 42.5 Å². The summed E-state index contributed by atoms with van der Waals surface area (Å²) in [5.41, 5.74) is 7.45. The van der Waals surface area contributed by atoms with E-state index in [1.165, 1.54) is 23.8 Å². The molecule has 3 N–H and O–H groups in total. The number of carbonyl (C=O) groups excluding carboxylic acids is 2. The molecule has 0 aromatic heterocycles. The van der Waals surface area contributed by atoms with Crippen molar-refractivity contribution in [2.45, 2.75) is 63.8 Å². The van der Waals surface area contributed by atoms with E-state index in [1.54, 1.807) is 12.1 Å². The predicted molar refractivity (Wildman–Crippen MR) is 177 cm³/mol. The molecule has 6 nitrogen and oxygen atoms in total. The second kappa shape index (κ2) is 14.5. The zero-order valence-electron chi connectivity index (χ0n) is 24.9. The lowest BCUT2D eigenvalue weighted by atomic mass is 9.87. The van der Waals surface area contributed by atoms with Crippen LogP contribution < -0.4 is 15.5 Å². The number of nitrogens with zero attached hydrogens (tertiary/aromatic N) is 1. The van der Waals surface area contributed by atoms with Crippen molar-refractivity contribution in [2.24, 2.45) is 5.92 Å². The molecule has 3 aromatic rings. The Labute approximate surface area is 260 Å². The van der Waals surface area contributed by atoms with E-state index in [4.69, 9.17) is 17.0 Å². The van der Waals surface area contributed by atoms with Gasteiger partial charge in [0.1, 0.15) is 0 Å². The summed E-state index contributed by atoms with van der Waals surface area (Å²) in [6.45, 7) is 3.99. The fourth-order valence-electron chi connectivity index (χ4n) is 6.26. The van der Waals surface area contributed by atoms with Crippen molar-refractivity contribution < 1.29 is 9.59 Å². The molecular weight excluding hydrogens is 556 g/mol. The third-order valence-corrected chi connectivity index (χ3v) is 8.90. The summed E-state index contributed by atoms with van der Waals surface area (Å²) in [5, 5.41) is 14.2. The average Bonchev–Trinajstić information content (AvgIpc) is 3.05. The largest absolute Gasteiger partial charge is 0.372 e. The Bertz CT molecular complexity index is 1490. The van der Waals surface area contributed by atoms with Crippen molar-refractivity contribution in [1.29, 1.82) is 5.41 Å². The molecule has 2 aliphatic rings. The zero-order valence-corrected chi connectivity index (χ0v) is 25.6. The number of alkyl halides is 1. The van der Waals surface area contributed by atoms with Crippen molar-refractivity contribution in [3.8, 4) is 0 Å². The Hall–Kier alpha value is -3.90. The van der Waals surface area contributed by atoms with Gasteiger partial charge in [0.25, 0.3) is 5.91 Å². The number of fused-ring (bicyclic) bond motifs is 1. The lowest BCUT2D eigenvalue weighted by molar-refractivity contribution is -0.124. The number of halogens is 1. The molecular formula is C36H41ClN4O2. The lowest BCUT2D eigenvalue weighted by Gasteiger charge is -2.30. The highest BCUT2D eigenvalue weighted by atomic mass is 35.5. The number of anilines is 2. The first kappa shape index (κ1) is 30.6. The van der Waals surface area contributed by atoms with Crippen LogP contribution in [0.2, 0.25) is 0 Å². The molecule has 1 saturated heterocycles. The molecule has 1 heterocycles. The number of aryl methyl sites for hydroxylation is 1. The number of piperidine rings is 1. The molecule has 224 valence electrons. The summed E-state index contributed by atoms with van der Waals surface area (Å²) < 4.78 is 0. The number of allylic oxidation sites excluding steroid dienone is 1. The topological polar surface area (TPSA) is 85.3 Å². The maximum Gasteiger partial charge on any atom is 0.255 e. The molecule has 3 aromatic carbocycles. The van der Waals surface area contributed by atoms with E-state index in [-0.39, 0.29) is 17.9 Å². The highest BCUT2D eigenvalue weighted by Gasteiger charge is 2.25. The molecule has 7 heteroatoms. The minimum absolute atomic E-state index is 0.0274. The Morgan fingerprint density at radius 2 is 1.84 bits per heavy atom. The molecule has 1 unspecified atom stereocenters. The van der Waals surface area contributed by atoms with Crippen LogP contribution >= 0.6 is 11.6 Å². The molecule has 2 atom stereocenters. The number of hydrogen-bond donors (Lipinski definition) is 3. The standard InChI is InChI=1S/C36H41ClN4O2/c1-25(21-29(17-18-38)36(43)39-33-14-8-11-27-10-3-4-13-31(27)33)32-23-30(41-19-5-2-6-20-41)15-16-34(32)40-35(42)28-12-7-9-26(22-28)24-37/h3-4,7,9-10,12-13,15-16,18,21-23,29,33,38H,2,5-6,8,11,14,17,19-20,24H2,1H3,(H,39,43)(H,40,42)/b25-21+,38-18?/t29?,33-/m0/s1. The summed E-state index contributed by atoms with van der Waals surface area (Å²) >= 11 is 6.02. The minimum atomic E-state index is -0.505. The minimum Gasteiger partial charge on any atom is -0.372 e. The number of hydrogen-bond acceptors (Lipinski definition) is 4. The Kier molecular flexibility index (Phi) is 10.3. The second-order valence-corrected chi connectivity index (χ2v) is 11.9. The first-order chi connectivity index (χ1) is 21.0. The fraction of sp³-hybridized carbons (Fsp3) is 0.361. The number of benzene rings is 3. The SMILES string of the molecule is C/C(=C\C(CC=N)C(=O)N[C@H]1CCCc2ccccc21)c1cc(N2CCCCC2)ccc1NC(=O)c1cccc(CCl)c1. The van der Waals surface area contributed by atoms with Gasteiger partial charge in [-0.25, -0.2) is 0 Å². The van der Waals surface area contributed by atoms with Gasteiger partial charge in [-0.15, -0.1) is 11.6 Å². The summed E-state index contributed by atoms with van der Waals surface area (Å²) in [4.78, 5) is 29.4. The van der Waals surface area contributed by atoms with Gasteiger partial charge in [-0.05, 0) is 111 Å². The van der Waals surface area contributed by atoms with Crippen molar-refractivity contribution in [2.75, 3.05) is 23.3 Å². The molecule has 5 rings (SSSR count). The molecule has 0 radical (unpaired) electrons. The monoisotopic (exact) mass is 596 g/mol. The second-order valence-electron chi connectivity index (χ2n) is 11.6. The number of carbonyl (C=O) groups is 2. The van der Waals surface area contributed by atoms with Gasteiger partial charge in [0.2, 0.25) is 5.91 Å². The first-order valence-corrected chi connectivity index (χ1v) is 15.9. The van der Waals surface area contributed by atoms with E-state index < -0.39 is 5.92 Å². The van der Waals surface area contributed by atoms with Gasteiger partial charge in [0.15, 0.2) is 0 Å². The van der Waals surface area contributed by atoms with Gasteiger partial charge in [-0.3, -0.25) is 9.59 Å². The summed E-state index contributed by atoms with van der Waals surface area (Å²) in [7, 11) is 0. The van der Waals surface area contributed by atoms with E-state index in [0.29, 0.717) is 23.6 Å². The maximum atomic E-state index is 13.7. The van der Waals surface area contributed by atoms with Crippen LogP contribution in [0.25, 0.3) is 5.57 Å². The number of nitrogens with one attached hydrogen (secondary N) is 3. The first-order valence-electron chi connectivity index (χ1n) is 15.4. The van der Waals surface area contributed by atoms with Crippen LogP contribution in [0.5, 0.6) is 0 Å². The molecule has 1 aliphatic heterocycles. The van der Waals surface area contributed by atoms with Gasteiger partial charge in [0.05, 0.1) is 12.0 Å². The van der Waals surface area contributed by atoms with Crippen LogP contribution in [-0.4, -0.2) is 31.1 Å². The lowest BCUT2D eigenvalue weighted by Crippen LogP contribution is -2.35. The van der Waals surface area contributed by atoms with E-state index in [9.17, 15) is 9.59 Å². The van der Waals surface area contributed by atoms with Gasteiger partial charge in [-0.2, -0.15) is 0 Å². The quantitative estimate of drug-likeness (QED) is 0.164. The van der Waals surface area contributed by atoms with Crippen LogP contribution in [0.4, 0.5) is 11.4 Å². The highest BCUT2D eigenvalue weighted by molar-refractivity contribution is 6.17.